The average molecular weight is 194 g/mol. The van der Waals surface area contributed by atoms with Crippen LogP contribution in [-0.4, -0.2) is 29.2 Å². The number of nitrogens with zero attached hydrogens (tertiary/aromatic N) is 1. The first-order valence-electron chi connectivity index (χ1n) is 2.89. The van der Waals surface area contributed by atoms with E-state index in [0.29, 0.717) is 6.04 Å². The monoisotopic (exact) mass is 193 g/mol. The summed E-state index contributed by atoms with van der Waals surface area (Å²) >= 11 is 3.29. The van der Waals surface area contributed by atoms with Crippen molar-refractivity contribution in [1.82, 2.24) is 4.90 Å². The van der Waals surface area contributed by atoms with Gasteiger partial charge in [0.1, 0.15) is 0 Å². The first-order chi connectivity index (χ1) is 4.09. The van der Waals surface area contributed by atoms with Crippen LogP contribution in [0.4, 0.5) is 0 Å². The van der Waals surface area contributed by atoms with Crippen LogP contribution in [0.3, 0.4) is 0 Å². The fourth-order valence-electron chi connectivity index (χ4n) is 0.414. The normalized spacial score (nSPS) is 12.9. The summed E-state index contributed by atoms with van der Waals surface area (Å²) in [5.41, 5.74) is 0. The summed E-state index contributed by atoms with van der Waals surface area (Å²) in [5.74, 6) is 0.113. The molecule has 0 radical (unpaired) electrons. The van der Waals surface area contributed by atoms with E-state index in [-0.39, 0.29) is 5.91 Å². The smallest absolute Gasteiger partial charge is 0.219 e. The predicted octanol–water partition coefficient (Wildman–Crippen LogP) is 1.25. The first-order valence-corrected chi connectivity index (χ1v) is 4.01. The van der Waals surface area contributed by atoms with Crippen LogP contribution in [-0.2, 0) is 4.79 Å². The zero-order valence-electron chi connectivity index (χ0n) is 6.02. The minimum Gasteiger partial charge on any atom is -0.342 e. The van der Waals surface area contributed by atoms with Crippen LogP contribution in [0.1, 0.15) is 13.8 Å². The molecule has 0 aliphatic heterocycles. The summed E-state index contributed by atoms with van der Waals surface area (Å²) in [4.78, 5) is 12.4. The molecule has 0 saturated heterocycles. The Morgan fingerprint density at radius 3 is 2.33 bits per heavy atom. The molecule has 1 unspecified atom stereocenters. The number of hydrogen-bond acceptors (Lipinski definition) is 1. The summed E-state index contributed by atoms with van der Waals surface area (Å²) in [5, 5.41) is 0.836. The van der Waals surface area contributed by atoms with Crippen LogP contribution in [0.5, 0.6) is 0 Å². The highest BCUT2D eigenvalue weighted by Crippen LogP contribution is 1.98. The van der Waals surface area contributed by atoms with Gasteiger partial charge < -0.3 is 4.90 Å². The van der Waals surface area contributed by atoms with E-state index in [0.717, 1.165) is 5.33 Å². The lowest BCUT2D eigenvalue weighted by molar-refractivity contribution is -0.128. The van der Waals surface area contributed by atoms with E-state index in [1.165, 1.54) is 0 Å². The van der Waals surface area contributed by atoms with Crippen LogP contribution >= 0.6 is 15.9 Å². The van der Waals surface area contributed by atoms with Gasteiger partial charge >= 0.3 is 0 Å². The molecule has 0 bridgehead atoms. The number of carbonyl (C=O) groups is 1. The van der Waals surface area contributed by atoms with Gasteiger partial charge in [0.25, 0.3) is 0 Å². The molecule has 0 aromatic carbocycles. The fraction of sp³-hybridized carbons (Fsp3) is 0.833. The lowest BCUT2D eigenvalue weighted by Crippen LogP contribution is -2.34. The largest absolute Gasteiger partial charge is 0.342 e. The fourth-order valence-corrected chi connectivity index (χ4v) is 0.848. The number of alkyl halides is 1. The van der Waals surface area contributed by atoms with Gasteiger partial charge in [0.05, 0.1) is 0 Å². The van der Waals surface area contributed by atoms with Crippen LogP contribution in [0.25, 0.3) is 0 Å². The minimum atomic E-state index is 0.113. The maximum absolute atomic E-state index is 10.6. The third-order valence-electron chi connectivity index (χ3n) is 1.38. The lowest BCUT2D eigenvalue weighted by Gasteiger charge is -2.20. The maximum atomic E-state index is 10.6. The van der Waals surface area contributed by atoms with Crippen LogP contribution in [0.15, 0.2) is 0 Å². The van der Waals surface area contributed by atoms with Crippen molar-refractivity contribution in [1.29, 1.82) is 0 Å². The van der Waals surface area contributed by atoms with Gasteiger partial charge in [0.15, 0.2) is 0 Å². The quantitative estimate of drug-likeness (QED) is 0.605. The molecule has 2 nitrogen and oxygen atoms in total. The van der Waals surface area contributed by atoms with E-state index in [9.17, 15) is 4.79 Å². The highest BCUT2D eigenvalue weighted by atomic mass is 79.9. The van der Waals surface area contributed by atoms with Crippen molar-refractivity contribution in [2.75, 3.05) is 12.4 Å². The third kappa shape index (κ3) is 2.84. The molecule has 9 heavy (non-hydrogen) atoms. The van der Waals surface area contributed by atoms with Crippen LogP contribution in [0, 0.1) is 0 Å². The van der Waals surface area contributed by atoms with Crippen molar-refractivity contribution in [3.05, 3.63) is 0 Å². The molecule has 0 spiro atoms. The minimum absolute atomic E-state index is 0.113. The molecule has 0 heterocycles. The highest BCUT2D eigenvalue weighted by molar-refractivity contribution is 9.09. The Hall–Kier alpha value is -0.0500. The Bertz CT molecular complexity index is 105. The predicted molar refractivity (Wildman–Crippen MR) is 41.7 cm³/mol. The van der Waals surface area contributed by atoms with Gasteiger partial charge in [0.2, 0.25) is 5.91 Å². The number of rotatable bonds is 2. The zero-order chi connectivity index (χ0) is 7.44. The molecule has 0 aromatic rings. The van der Waals surface area contributed by atoms with E-state index in [4.69, 9.17) is 0 Å². The number of hydrogen-bond donors (Lipinski definition) is 0. The van der Waals surface area contributed by atoms with Gasteiger partial charge in [-0.1, -0.05) is 15.9 Å². The Kier molecular flexibility index (Phi) is 3.86. The second kappa shape index (κ2) is 3.88. The van der Waals surface area contributed by atoms with Gasteiger partial charge in [-0.3, -0.25) is 4.79 Å². The van der Waals surface area contributed by atoms with Gasteiger partial charge in [-0.2, -0.15) is 0 Å². The SMILES string of the molecule is CC(=O)N(C)C(C)CBr. The summed E-state index contributed by atoms with van der Waals surface area (Å²) < 4.78 is 0. The Balaban J connectivity index is 3.72. The maximum Gasteiger partial charge on any atom is 0.219 e. The van der Waals surface area contributed by atoms with E-state index < -0.39 is 0 Å². The third-order valence-corrected chi connectivity index (χ3v) is 2.32. The van der Waals surface area contributed by atoms with E-state index in [2.05, 4.69) is 15.9 Å². The molecule has 54 valence electrons. The molecule has 0 fully saturated rings. The highest BCUT2D eigenvalue weighted by Gasteiger charge is 2.08. The molecule has 1 atom stereocenters. The number of amides is 1. The summed E-state index contributed by atoms with van der Waals surface area (Å²) in [6.45, 7) is 3.56. The molecule has 0 aliphatic rings. The van der Waals surface area contributed by atoms with E-state index in [1.54, 1.807) is 18.9 Å². The first kappa shape index (κ1) is 8.95. The average Bonchev–Trinajstić information content (AvgIpc) is 1.84. The van der Waals surface area contributed by atoms with Crippen LogP contribution in [0.2, 0.25) is 0 Å². The molecule has 0 rings (SSSR count). The molecule has 0 aromatic heterocycles. The van der Waals surface area contributed by atoms with Crippen molar-refractivity contribution in [2.24, 2.45) is 0 Å². The second-order valence-corrected chi connectivity index (χ2v) is 2.78. The number of carbonyl (C=O) groups excluding carboxylic acids is 1. The molecule has 1 amide bonds. The zero-order valence-corrected chi connectivity index (χ0v) is 7.60. The lowest BCUT2D eigenvalue weighted by atomic mass is 10.3. The van der Waals surface area contributed by atoms with Crippen molar-refractivity contribution < 1.29 is 4.79 Å². The van der Waals surface area contributed by atoms with E-state index >= 15 is 0 Å². The second-order valence-electron chi connectivity index (χ2n) is 2.13. The van der Waals surface area contributed by atoms with Crippen molar-refractivity contribution in [3.8, 4) is 0 Å². The molecule has 0 aliphatic carbocycles. The Morgan fingerprint density at radius 1 is 1.78 bits per heavy atom. The molecular weight excluding hydrogens is 182 g/mol. The standard InChI is InChI=1S/C6H12BrNO/c1-5(4-7)8(3)6(2)9/h5H,4H2,1-3H3. The summed E-state index contributed by atoms with van der Waals surface area (Å²) in [6.07, 6.45) is 0. The molecule has 0 N–H and O–H groups in total. The molecular formula is C6H12BrNO. The topological polar surface area (TPSA) is 20.3 Å². The summed E-state index contributed by atoms with van der Waals surface area (Å²) in [6, 6.07) is 0.294. The molecule has 3 heteroatoms. The van der Waals surface area contributed by atoms with Crippen molar-refractivity contribution in [2.45, 2.75) is 19.9 Å². The van der Waals surface area contributed by atoms with Crippen molar-refractivity contribution >= 4 is 21.8 Å². The van der Waals surface area contributed by atoms with Crippen LogP contribution < -0.4 is 0 Å². The van der Waals surface area contributed by atoms with Gasteiger partial charge in [-0.25, -0.2) is 0 Å². The summed E-state index contributed by atoms with van der Waals surface area (Å²) in [7, 11) is 1.80. The van der Waals surface area contributed by atoms with Crippen molar-refractivity contribution in [3.63, 3.8) is 0 Å². The Labute approximate surface area is 64.4 Å². The van der Waals surface area contributed by atoms with Gasteiger partial charge in [0, 0.05) is 25.3 Å². The van der Waals surface area contributed by atoms with E-state index in [1.807, 2.05) is 6.92 Å². The number of halogens is 1. The van der Waals surface area contributed by atoms with Gasteiger partial charge in [-0.15, -0.1) is 0 Å². The Morgan fingerprint density at radius 2 is 2.22 bits per heavy atom. The molecule has 0 saturated carbocycles. The van der Waals surface area contributed by atoms with Gasteiger partial charge in [-0.05, 0) is 6.92 Å².